The van der Waals surface area contributed by atoms with Crippen LogP contribution in [0, 0.1) is 12.8 Å². The first kappa shape index (κ1) is 12.1. The van der Waals surface area contributed by atoms with Crippen LogP contribution in [-0.2, 0) is 6.54 Å². The topological polar surface area (TPSA) is 25.2 Å². The maximum Gasteiger partial charge on any atom is 0.134 e. The molecule has 1 aliphatic heterocycles. The van der Waals surface area contributed by atoms with Crippen molar-refractivity contribution in [3.8, 4) is 0 Å². The second kappa shape index (κ2) is 5.37. The van der Waals surface area contributed by atoms with Crippen LogP contribution in [0.4, 0.5) is 0 Å². The number of hydrogen-bond donors (Lipinski definition) is 1. The van der Waals surface area contributed by atoms with E-state index >= 15 is 0 Å². The maximum absolute atomic E-state index is 5.78. The second-order valence-electron chi connectivity index (χ2n) is 4.99. The lowest BCUT2D eigenvalue weighted by Gasteiger charge is -2.09. The number of benzene rings is 1. The van der Waals surface area contributed by atoms with Crippen LogP contribution in [0.2, 0.25) is 0 Å². The molecular weight excluding hydrogens is 242 g/mol. The minimum absolute atomic E-state index is 0.855. The van der Waals surface area contributed by atoms with Crippen molar-refractivity contribution in [2.75, 3.05) is 18.1 Å². The predicted molar refractivity (Wildman–Crippen MR) is 78.1 cm³/mol. The molecule has 1 atom stereocenters. The predicted octanol–water partition coefficient (Wildman–Crippen LogP) is 3.58. The van der Waals surface area contributed by atoms with Crippen molar-refractivity contribution in [1.29, 1.82) is 0 Å². The molecule has 96 valence electrons. The van der Waals surface area contributed by atoms with E-state index in [-0.39, 0.29) is 0 Å². The molecule has 2 nitrogen and oxygen atoms in total. The molecule has 3 heteroatoms. The van der Waals surface area contributed by atoms with E-state index in [4.69, 9.17) is 4.42 Å². The van der Waals surface area contributed by atoms with Gasteiger partial charge in [0.2, 0.25) is 0 Å². The molecule has 1 N–H and O–H groups in total. The number of rotatable bonds is 4. The molecule has 0 spiro atoms. The summed E-state index contributed by atoms with van der Waals surface area (Å²) in [4.78, 5) is 0. The van der Waals surface area contributed by atoms with Crippen LogP contribution in [0.3, 0.4) is 0 Å². The van der Waals surface area contributed by atoms with Gasteiger partial charge in [-0.25, -0.2) is 0 Å². The Labute approximate surface area is 112 Å². The summed E-state index contributed by atoms with van der Waals surface area (Å²) in [6, 6.07) is 8.29. The minimum atomic E-state index is 0.855. The number of fused-ring (bicyclic) bond motifs is 1. The molecule has 1 unspecified atom stereocenters. The Hall–Kier alpha value is -0.930. The first-order valence-corrected chi connectivity index (χ1v) is 7.75. The van der Waals surface area contributed by atoms with Crippen LogP contribution < -0.4 is 5.32 Å². The molecule has 2 heterocycles. The largest absolute Gasteiger partial charge is 0.461 e. The van der Waals surface area contributed by atoms with Crippen LogP contribution in [0.1, 0.15) is 17.7 Å². The minimum Gasteiger partial charge on any atom is -0.461 e. The van der Waals surface area contributed by atoms with Gasteiger partial charge in [-0.05, 0) is 43.4 Å². The molecule has 18 heavy (non-hydrogen) atoms. The van der Waals surface area contributed by atoms with Crippen molar-refractivity contribution in [2.24, 2.45) is 5.92 Å². The van der Waals surface area contributed by atoms with E-state index in [1.165, 1.54) is 28.9 Å². The van der Waals surface area contributed by atoms with Crippen molar-refractivity contribution in [3.63, 3.8) is 0 Å². The lowest BCUT2D eigenvalue weighted by molar-refractivity contribution is 0.516. The van der Waals surface area contributed by atoms with Crippen LogP contribution in [-0.4, -0.2) is 18.1 Å². The highest BCUT2D eigenvalue weighted by molar-refractivity contribution is 7.99. The van der Waals surface area contributed by atoms with Gasteiger partial charge in [0.05, 0.1) is 0 Å². The SMILES string of the molecule is Cc1oc2ccccc2c1CNCC1CCSC1. The zero-order valence-corrected chi connectivity index (χ0v) is 11.6. The molecule has 1 aromatic heterocycles. The highest BCUT2D eigenvalue weighted by atomic mass is 32.2. The fraction of sp³-hybridized carbons (Fsp3) is 0.467. The maximum atomic E-state index is 5.78. The normalized spacial score (nSPS) is 19.7. The summed E-state index contributed by atoms with van der Waals surface area (Å²) in [6.07, 6.45) is 1.36. The second-order valence-corrected chi connectivity index (χ2v) is 6.14. The summed E-state index contributed by atoms with van der Waals surface area (Å²) < 4.78 is 5.78. The summed E-state index contributed by atoms with van der Waals surface area (Å²) in [5.74, 6) is 4.55. The number of furan rings is 1. The highest BCUT2D eigenvalue weighted by Crippen LogP contribution is 2.26. The Morgan fingerprint density at radius 1 is 1.39 bits per heavy atom. The average Bonchev–Trinajstić information content (AvgIpc) is 2.98. The third-order valence-corrected chi connectivity index (χ3v) is 4.89. The summed E-state index contributed by atoms with van der Waals surface area (Å²) in [5, 5.41) is 4.84. The summed E-state index contributed by atoms with van der Waals surface area (Å²) in [7, 11) is 0. The van der Waals surface area contributed by atoms with Crippen LogP contribution in [0.15, 0.2) is 28.7 Å². The van der Waals surface area contributed by atoms with Gasteiger partial charge in [-0.1, -0.05) is 18.2 Å². The third-order valence-electron chi connectivity index (χ3n) is 3.66. The molecule has 0 amide bonds. The molecule has 1 aliphatic rings. The zero-order chi connectivity index (χ0) is 12.4. The van der Waals surface area contributed by atoms with Gasteiger partial charge >= 0.3 is 0 Å². The molecular formula is C15H19NOS. The van der Waals surface area contributed by atoms with E-state index in [2.05, 4.69) is 36.1 Å². The zero-order valence-electron chi connectivity index (χ0n) is 10.7. The molecule has 0 saturated carbocycles. The van der Waals surface area contributed by atoms with Crippen molar-refractivity contribution >= 4 is 22.7 Å². The summed E-state index contributed by atoms with van der Waals surface area (Å²) in [5.41, 5.74) is 2.32. The first-order valence-electron chi connectivity index (χ1n) is 6.60. The van der Waals surface area contributed by atoms with E-state index in [0.29, 0.717) is 0 Å². The van der Waals surface area contributed by atoms with Gasteiger partial charge in [0.15, 0.2) is 0 Å². The van der Waals surface area contributed by atoms with Gasteiger partial charge in [0.25, 0.3) is 0 Å². The van der Waals surface area contributed by atoms with Gasteiger partial charge in [-0.2, -0.15) is 11.8 Å². The smallest absolute Gasteiger partial charge is 0.134 e. The Morgan fingerprint density at radius 3 is 3.11 bits per heavy atom. The van der Waals surface area contributed by atoms with Gasteiger partial charge in [0.1, 0.15) is 11.3 Å². The first-order chi connectivity index (χ1) is 8.84. The van der Waals surface area contributed by atoms with Gasteiger partial charge in [0, 0.05) is 17.5 Å². The van der Waals surface area contributed by atoms with Crippen LogP contribution >= 0.6 is 11.8 Å². The van der Waals surface area contributed by atoms with Gasteiger partial charge in [-0.3, -0.25) is 0 Å². The van der Waals surface area contributed by atoms with E-state index < -0.39 is 0 Å². The molecule has 0 aliphatic carbocycles. The lowest BCUT2D eigenvalue weighted by Crippen LogP contribution is -2.22. The number of hydrogen-bond acceptors (Lipinski definition) is 3. The third kappa shape index (κ3) is 2.43. The molecule has 0 bridgehead atoms. The van der Waals surface area contributed by atoms with Gasteiger partial charge in [-0.15, -0.1) is 0 Å². The number of para-hydroxylation sites is 1. The number of aryl methyl sites for hydroxylation is 1. The molecule has 3 rings (SSSR count). The van der Waals surface area contributed by atoms with Crippen molar-refractivity contribution in [1.82, 2.24) is 5.32 Å². The van der Waals surface area contributed by atoms with E-state index in [1.807, 2.05) is 12.1 Å². The molecule has 1 fully saturated rings. The summed E-state index contributed by atoms with van der Waals surface area (Å²) >= 11 is 2.08. The number of thioether (sulfide) groups is 1. The number of nitrogens with one attached hydrogen (secondary N) is 1. The Balaban J connectivity index is 1.68. The Bertz CT molecular complexity index is 528. The van der Waals surface area contributed by atoms with Crippen molar-refractivity contribution in [2.45, 2.75) is 19.9 Å². The molecule has 0 radical (unpaired) electrons. The highest BCUT2D eigenvalue weighted by Gasteiger charge is 2.15. The van der Waals surface area contributed by atoms with E-state index in [1.54, 1.807) is 0 Å². The Morgan fingerprint density at radius 2 is 2.28 bits per heavy atom. The molecule has 1 saturated heterocycles. The van der Waals surface area contributed by atoms with Crippen LogP contribution in [0.25, 0.3) is 11.0 Å². The monoisotopic (exact) mass is 261 g/mol. The standard InChI is InChI=1S/C15H19NOS/c1-11-14(9-16-8-12-6-7-18-10-12)13-4-2-3-5-15(13)17-11/h2-5,12,16H,6-10H2,1H3. The lowest BCUT2D eigenvalue weighted by atomic mass is 10.1. The van der Waals surface area contributed by atoms with Crippen molar-refractivity contribution < 1.29 is 4.42 Å². The van der Waals surface area contributed by atoms with Crippen molar-refractivity contribution in [3.05, 3.63) is 35.6 Å². The van der Waals surface area contributed by atoms with E-state index in [0.717, 1.165) is 30.4 Å². The Kier molecular flexibility index (Phi) is 3.62. The summed E-state index contributed by atoms with van der Waals surface area (Å²) in [6.45, 7) is 4.11. The fourth-order valence-corrected chi connectivity index (χ4v) is 3.87. The van der Waals surface area contributed by atoms with Crippen LogP contribution in [0.5, 0.6) is 0 Å². The molecule has 2 aromatic rings. The fourth-order valence-electron chi connectivity index (χ4n) is 2.59. The molecule has 1 aromatic carbocycles. The quantitative estimate of drug-likeness (QED) is 0.910. The van der Waals surface area contributed by atoms with E-state index in [9.17, 15) is 0 Å². The average molecular weight is 261 g/mol. The van der Waals surface area contributed by atoms with Gasteiger partial charge < -0.3 is 9.73 Å².